The van der Waals surface area contributed by atoms with Crippen molar-refractivity contribution >= 4 is 50.2 Å². The lowest BCUT2D eigenvalue weighted by Crippen LogP contribution is -2.17. The number of hydrogen-bond acceptors (Lipinski definition) is 2. The average molecular weight is 837 g/mol. The fourth-order valence-electron chi connectivity index (χ4n) is 10.1. The number of para-hydroxylation sites is 2. The molecule has 1 aliphatic carbocycles. The quantitative estimate of drug-likeness (QED) is 0.148. The van der Waals surface area contributed by atoms with Gasteiger partial charge in [-0.25, -0.2) is 0 Å². The monoisotopic (exact) mass is 836 g/mol. The highest BCUT2D eigenvalue weighted by atomic mass is 32.1. The maximum atomic E-state index is 2.45. The summed E-state index contributed by atoms with van der Waals surface area (Å²) in [5.74, 6) is 0. The number of benzene rings is 9. The van der Waals surface area contributed by atoms with Crippen molar-refractivity contribution in [2.75, 3.05) is 4.90 Å². The summed E-state index contributed by atoms with van der Waals surface area (Å²) in [6.07, 6.45) is 0. The molecule has 11 aromatic rings. The van der Waals surface area contributed by atoms with Crippen LogP contribution in [-0.4, -0.2) is 4.57 Å². The zero-order valence-corrected chi connectivity index (χ0v) is 36.6. The normalized spacial score (nSPS) is 12.7. The lowest BCUT2D eigenvalue weighted by atomic mass is 9.81. The maximum absolute atomic E-state index is 2.45. The maximum Gasteiger partial charge on any atom is 0.0541 e. The zero-order valence-electron chi connectivity index (χ0n) is 35.7. The van der Waals surface area contributed by atoms with Crippen LogP contribution in [0.4, 0.5) is 17.1 Å². The molecule has 0 amide bonds. The van der Waals surface area contributed by atoms with Crippen LogP contribution in [-0.2, 0) is 5.41 Å². The van der Waals surface area contributed by atoms with Gasteiger partial charge in [-0.05, 0) is 111 Å². The molecule has 0 fully saturated rings. The highest BCUT2D eigenvalue weighted by Gasteiger charge is 2.42. The molecule has 9 aromatic carbocycles. The molecule has 2 aromatic heterocycles. The van der Waals surface area contributed by atoms with Crippen molar-refractivity contribution in [3.8, 4) is 59.9 Å². The number of nitrogens with zero attached hydrogens (tertiary/aromatic N) is 2. The van der Waals surface area contributed by atoms with Crippen molar-refractivity contribution in [3.05, 3.63) is 242 Å². The Kier molecular flexibility index (Phi) is 9.06. The third-order valence-corrected chi connectivity index (χ3v) is 14.5. The van der Waals surface area contributed by atoms with E-state index in [0.29, 0.717) is 0 Å². The Hall–Kier alpha value is -7.72. The van der Waals surface area contributed by atoms with Crippen LogP contribution in [0.25, 0.3) is 81.8 Å². The lowest BCUT2D eigenvalue weighted by molar-refractivity contribution is 0.664. The van der Waals surface area contributed by atoms with Gasteiger partial charge in [-0.15, -0.1) is 11.3 Å². The molecule has 0 saturated heterocycles. The topological polar surface area (TPSA) is 8.17 Å². The van der Waals surface area contributed by atoms with Gasteiger partial charge in [-0.3, -0.25) is 0 Å². The van der Waals surface area contributed by atoms with Gasteiger partial charge in [-0.2, -0.15) is 0 Å². The van der Waals surface area contributed by atoms with Crippen LogP contribution in [0.2, 0.25) is 0 Å². The highest BCUT2D eigenvalue weighted by molar-refractivity contribution is 7.19. The first kappa shape index (κ1) is 38.0. The van der Waals surface area contributed by atoms with E-state index in [1.807, 2.05) is 11.3 Å². The molecule has 2 nitrogen and oxygen atoms in total. The molecule has 304 valence electrons. The van der Waals surface area contributed by atoms with Crippen molar-refractivity contribution in [3.63, 3.8) is 0 Å². The Morgan fingerprint density at radius 3 is 1.34 bits per heavy atom. The van der Waals surface area contributed by atoms with E-state index in [1.54, 1.807) is 0 Å². The minimum Gasteiger partial charge on any atom is -0.310 e. The summed E-state index contributed by atoms with van der Waals surface area (Å²) in [7, 11) is 0. The molecule has 2 heterocycles. The van der Waals surface area contributed by atoms with Crippen LogP contribution in [0.15, 0.2) is 231 Å². The van der Waals surface area contributed by atoms with Gasteiger partial charge in [0, 0.05) is 54.3 Å². The molecule has 3 heteroatoms. The summed E-state index contributed by atoms with van der Waals surface area (Å²) in [5.41, 5.74) is 19.5. The summed E-state index contributed by atoms with van der Waals surface area (Å²) in [5, 5.41) is 2.54. The van der Waals surface area contributed by atoms with Crippen molar-refractivity contribution in [2.24, 2.45) is 0 Å². The first-order chi connectivity index (χ1) is 31.5. The Balaban J connectivity index is 0.948. The molecule has 0 saturated carbocycles. The molecular formula is C61H44N2S. The van der Waals surface area contributed by atoms with Gasteiger partial charge in [-0.1, -0.05) is 184 Å². The number of anilines is 3. The molecular weight excluding hydrogens is 793 g/mol. The van der Waals surface area contributed by atoms with Gasteiger partial charge in [0.1, 0.15) is 0 Å². The third kappa shape index (κ3) is 6.23. The number of hydrogen-bond donors (Lipinski definition) is 0. The van der Waals surface area contributed by atoms with E-state index in [2.05, 4.69) is 254 Å². The smallest absolute Gasteiger partial charge is 0.0541 e. The van der Waals surface area contributed by atoms with Crippen LogP contribution in [0, 0.1) is 0 Å². The van der Waals surface area contributed by atoms with Gasteiger partial charge in [0.25, 0.3) is 0 Å². The second-order valence-corrected chi connectivity index (χ2v) is 18.3. The van der Waals surface area contributed by atoms with Crippen LogP contribution < -0.4 is 4.90 Å². The second kappa shape index (κ2) is 15.3. The van der Waals surface area contributed by atoms with Gasteiger partial charge < -0.3 is 9.47 Å². The molecule has 0 atom stereocenters. The van der Waals surface area contributed by atoms with E-state index in [9.17, 15) is 0 Å². The molecule has 12 rings (SSSR count). The second-order valence-electron chi connectivity index (χ2n) is 17.3. The van der Waals surface area contributed by atoms with E-state index in [-0.39, 0.29) is 5.41 Å². The molecule has 0 bridgehead atoms. The first-order valence-corrected chi connectivity index (χ1v) is 22.9. The van der Waals surface area contributed by atoms with Gasteiger partial charge >= 0.3 is 0 Å². The van der Waals surface area contributed by atoms with E-state index < -0.39 is 0 Å². The number of thiophene rings is 1. The Morgan fingerprint density at radius 1 is 0.391 bits per heavy atom. The predicted octanol–water partition coefficient (Wildman–Crippen LogP) is 17.3. The fraction of sp³-hybridized carbons (Fsp3) is 0.0492. The minimum atomic E-state index is -0.229. The highest BCUT2D eigenvalue weighted by Crippen LogP contribution is 2.60. The summed E-state index contributed by atoms with van der Waals surface area (Å²) >= 11 is 1.93. The largest absolute Gasteiger partial charge is 0.310 e. The van der Waals surface area contributed by atoms with Crippen molar-refractivity contribution in [1.29, 1.82) is 0 Å². The SMILES string of the molecule is CC1(C)c2cc(N(c3ccc(-c4ccccc4)cc3)c3ccc(-c4ccc(-n5c6ccccc6c6ccccc65)cc4)cc3)ccc2-c2c(-c3ccccc3)sc(-c3ccccc3)c21. The molecule has 0 radical (unpaired) electrons. The average Bonchev–Trinajstić information content (AvgIpc) is 4.00. The Morgan fingerprint density at radius 2 is 0.812 bits per heavy atom. The Bertz CT molecular complexity index is 3420. The summed E-state index contributed by atoms with van der Waals surface area (Å²) in [6.45, 7) is 4.82. The Labute approximate surface area is 378 Å². The first-order valence-electron chi connectivity index (χ1n) is 22.1. The number of aromatic nitrogens is 1. The van der Waals surface area contributed by atoms with Gasteiger partial charge in [0.05, 0.1) is 11.0 Å². The van der Waals surface area contributed by atoms with E-state index in [0.717, 1.165) is 22.7 Å². The number of fused-ring (bicyclic) bond motifs is 6. The fourth-order valence-corrected chi connectivity index (χ4v) is 11.6. The van der Waals surface area contributed by atoms with Crippen molar-refractivity contribution in [1.82, 2.24) is 4.57 Å². The zero-order chi connectivity index (χ0) is 42.8. The summed E-state index contributed by atoms with van der Waals surface area (Å²) in [4.78, 5) is 5.10. The van der Waals surface area contributed by atoms with Crippen LogP contribution in [0.1, 0.15) is 25.0 Å². The molecule has 64 heavy (non-hydrogen) atoms. The van der Waals surface area contributed by atoms with E-state index in [4.69, 9.17) is 0 Å². The molecule has 0 aliphatic heterocycles. The molecule has 1 aliphatic rings. The van der Waals surface area contributed by atoms with Crippen LogP contribution >= 0.6 is 11.3 Å². The standard InChI is InChI=1S/C61H44N2S/c1-61(2)54-40-50(38-39-53(54)57-58(61)60(46-20-10-5-11-21-46)64-59(57)45-18-8-4-9-19-45)62(47-32-26-42(27-33-47)41-16-6-3-7-17-41)48-34-28-43(29-35-48)44-30-36-49(37-31-44)63-55-24-14-12-22-51(55)52-23-13-15-25-56(52)63/h3-40H,1-2H3. The third-order valence-electron chi connectivity index (χ3n) is 13.2. The predicted molar refractivity (Wildman–Crippen MR) is 273 cm³/mol. The van der Waals surface area contributed by atoms with Crippen LogP contribution in [0.5, 0.6) is 0 Å². The molecule has 0 unspecified atom stereocenters. The van der Waals surface area contributed by atoms with Gasteiger partial charge in [0.15, 0.2) is 0 Å². The van der Waals surface area contributed by atoms with Crippen molar-refractivity contribution < 1.29 is 0 Å². The lowest BCUT2D eigenvalue weighted by Gasteiger charge is -2.29. The summed E-state index contributed by atoms with van der Waals surface area (Å²) in [6, 6.07) is 84.1. The van der Waals surface area contributed by atoms with E-state index in [1.165, 1.54) is 87.2 Å². The van der Waals surface area contributed by atoms with E-state index >= 15 is 0 Å². The van der Waals surface area contributed by atoms with Crippen LogP contribution in [0.3, 0.4) is 0 Å². The molecule has 0 N–H and O–H groups in total. The molecule has 0 spiro atoms. The van der Waals surface area contributed by atoms with Crippen molar-refractivity contribution in [2.45, 2.75) is 19.3 Å². The number of rotatable bonds is 8. The minimum absolute atomic E-state index is 0.229. The summed E-state index contributed by atoms with van der Waals surface area (Å²) < 4.78 is 2.38. The van der Waals surface area contributed by atoms with Gasteiger partial charge in [0.2, 0.25) is 0 Å².